The van der Waals surface area contributed by atoms with Crippen LogP contribution in [0.5, 0.6) is 0 Å². The first kappa shape index (κ1) is 11.3. The summed E-state index contributed by atoms with van der Waals surface area (Å²) >= 11 is 0. The van der Waals surface area contributed by atoms with E-state index < -0.39 is 0 Å². The van der Waals surface area contributed by atoms with Crippen LogP contribution in [0.15, 0.2) is 29.4 Å². The zero-order chi connectivity index (χ0) is 12.3. The normalized spacial score (nSPS) is 19.2. The number of nitrogens with one attached hydrogen (secondary N) is 1. The molecule has 0 saturated heterocycles. The predicted octanol–water partition coefficient (Wildman–Crippen LogP) is 0.391. The molecular formula is C12H11N3O2. The van der Waals surface area contributed by atoms with Gasteiger partial charge in [-0.05, 0) is 17.7 Å². The van der Waals surface area contributed by atoms with E-state index in [2.05, 4.69) is 10.5 Å². The summed E-state index contributed by atoms with van der Waals surface area (Å²) in [6.45, 7) is -0.119. The lowest BCUT2D eigenvalue weighted by Gasteiger charge is -2.20. The maximum Gasteiger partial charge on any atom is 0.240 e. The van der Waals surface area contributed by atoms with Gasteiger partial charge in [0.15, 0.2) is 0 Å². The van der Waals surface area contributed by atoms with Gasteiger partial charge < -0.3 is 5.11 Å². The van der Waals surface area contributed by atoms with Crippen LogP contribution >= 0.6 is 0 Å². The van der Waals surface area contributed by atoms with Gasteiger partial charge in [0, 0.05) is 12.3 Å². The van der Waals surface area contributed by atoms with Crippen molar-refractivity contribution in [2.24, 2.45) is 11.0 Å². The molecule has 17 heavy (non-hydrogen) atoms. The molecule has 0 spiro atoms. The van der Waals surface area contributed by atoms with Gasteiger partial charge in [-0.3, -0.25) is 4.79 Å². The number of nitriles is 1. The third-order valence-electron chi connectivity index (χ3n) is 2.65. The summed E-state index contributed by atoms with van der Waals surface area (Å²) in [5.41, 5.74) is 4.42. The van der Waals surface area contributed by atoms with Gasteiger partial charge in [0.2, 0.25) is 5.91 Å². The van der Waals surface area contributed by atoms with Crippen LogP contribution in [-0.2, 0) is 4.79 Å². The standard InChI is InChI=1S/C12H11N3O2/c13-6-8-1-3-9(4-2-8)12-10(7-16)5-11(17)14-15-12/h1-4,10,16H,5,7H2,(H,14,17). The Balaban J connectivity index is 2.31. The average Bonchev–Trinajstić information content (AvgIpc) is 2.39. The number of nitrogens with zero attached hydrogens (tertiary/aromatic N) is 2. The lowest BCUT2D eigenvalue weighted by Crippen LogP contribution is -2.35. The molecule has 0 aromatic heterocycles. The molecular weight excluding hydrogens is 218 g/mol. The Bertz CT molecular complexity index is 499. The van der Waals surface area contributed by atoms with Crippen LogP contribution in [-0.4, -0.2) is 23.3 Å². The van der Waals surface area contributed by atoms with E-state index in [0.29, 0.717) is 11.3 Å². The number of carbonyl (C=O) groups excluding carboxylic acids is 1. The number of aliphatic hydroxyl groups excluding tert-OH is 1. The predicted molar refractivity (Wildman–Crippen MR) is 61.0 cm³/mol. The maximum atomic E-state index is 11.1. The Hall–Kier alpha value is -2.19. The van der Waals surface area contributed by atoms with E-state index in [0.717, 1.165) is 5.56 Å². The smallest absolute Gasteiger partial charge is 0.240 e. The number of carbonyl (C=O) groups is 1. The number of rotatable bonds is 2. The molecule has 0 saturated carbocycles. The van der Waals surface area contributed by atoms with E-state index in [1.807, 2.05) is 6.07 Å². The highest BCUT2D eigenvalue weighted by Gasteiger charge is 2.24. The minimum absolute atomic E-state index is 0.119. The second-order valence-corrected chi connectivity index (χ2v) is 3.80. The summed E-state index contributed by atoms with van der Waals surface area (Å²) in [4.78, 5) is 11.1. The quantitative estimate of drug-likeness (QED) is 0.769. The first-order valence-corrected chi connectivity index (χ1v) is 5.22. The third kappa shape index (κ3) is 2.32. The molecule has 1 atom stereocenters. The molecule has 0 fully saturated rings. The molecule has 1 heterocycles. The van der Waals surface area contributed by atoms with Crippen molar-refractivity contribution in [2.75, 3.05) is 6.61 Å². The van der Waals surface area contributed by atoms with Crippen LogP contribution in [0.2, 0.25) is 0 Å². The molecule has 2 rings (SSSR count). The number of hydrazone groups is 1. The largest absolute Gasteiger partial charge is 0.396 e. The van der Waals surface area contributed by atoms with E-state index in [1.165, 1.54) is 0 Å². The van der Waals surface area contributed by atoms with E-state index in [4.69, 9.17) is 5.26 Å². The summed E-state index contributed by atoms with van der Waals surface area (Å²) in [7, 11) is 0. The molecule has 1 aromatic rings. The number of amides is 1. The number of aliphatic hydroxyl groups is 1. The Kier molecular flexibility index (Phi) is 3.17. The number of benzene rings is 1. The fraction of sp³-hybridized carbons (Fsp3) is 0.250. The lowest BCUT2D eigenvalue weighted by molar-refractivity contribution is -0.122. The Morgan fingerprint density at radius 2 is 2.18 bits per heavy atom. The molecule has 1 aliphatic rings. The monoisotopic (exact) mass is 229 g/mol. The SMILES string of the molecule is N#Cc1ccc(C2=NNC(=O)CC2CO)cc1. The van der Waals surface area contributed by atoms with Crippen LogP contribution in [0.3, 0.4) is 0 Å². The zero-order valence-electron chi connectivity index (χ0n) is 9.05. The molecule has 0 bridgehead atoms. The minimum Gasteiger partial charge on any atom is -0.396 e. The summed E-state index contributed by atoms with van der Waals surface area (Å²) < 4.78 is 0. The summed E-state index contributed by atoms with van der Waals surface area (Å²) in [5.74, 6) is -0.474. The topological polar surface area (TPSA) is 85.5 Å². The summed E-state index contributed by atoms with van der Waals surface area (Å²) in [6, 6.07) is 8.92. The van der Waals surface area contributed by atoms with Crippen LogP contribution in [0.1, 0.15) is 17.5 Å². The van der Waals surface area contributed by atoms with Crippen LogP contribution in [0.25, 0.3) is 0 Å². The third-order valence-corrected chi connectivity index (χ3v) is 2.65. The fourth-order valence-electron chi connectivity index (χ4n) is 1.75. The van der Waals surface area contributed by atoms with Crippen molar-refractivity contribution < 1.29 is 9.90 Å². The van der Waals surface area contributed by atoms with Crippen molar-refractivity contribution in [3.05, 3.63) is 35.4 Å². The van der Waals surface area contributed by atoms with E-state index in [-0.39, 0.29) is 24.9 Å². The Morgan fingerprint density at radius 1 is 1.47 bits per heavy atom. The highest BCUT2D eigenvalue weighted by molar-refractivity contribution is 6.06. The Morgan fingerprint density at radius 3 is 2.76 bits per heavy atom. The van der Waals surface area contributed by atoms with Gasteiger partial charge in [0.25, 0.3) is 0 Å². The van der Waals surface area contributed by atoms with Gasteiger partial charge in [0.1, 0.15) is 0 Å². The number of hydrogen-bond donors (Lipinski definition) is 2. The second-order valence-electron chi connectivity index (χ2n) is 3.80. The van der Waals surface area contributed by atoms with E-state index in [9.17, 15) is 9.90 Å². The number of hydrogen-bond acceptors (Lipinski definition) is 4. The van der Waals surface area contributed by atoms with Crippen LogP contribution < -0.4 is 5.43 Å². The average molecular weight is 229 g/mol. The highest BCUT2D eigenvalue weighted by Crippen LogP contribution is 2.17. The highest BCUT2D eigenvalue weighted by atomic mass is 16.3. The van der Waals surface area contributed by atoms with Gasteiger partial charge in [-0.15, -0.1) is 0 Å². The molecule has 5 nitrogen and oxygen atoms in total. The van der Waals surface area contributed by atoms with Crippen LogP contribution in [0, 0.1) is 17.2 Å². The van der Waals surface area contributed by atoms with E-state index >= 15 is 0 Å². The van der Waals surface area contributed by atoms with Crippen molar-refractivity contribution >= 4 is 11.6 Å². The van der Waals surface area contributed by atoms with Crippen LogP contribution in [0.4, 0.5) is 0 Å². The Labute approximate surface area is 98.4 Å². The molecule has 1 amide bonds. The maximum absolute atomic E-state index is 11.1. The van der Waals surface area contributed by atoms with Crippen molar-refractivity contribution in [1.82, 2.24) is 5.43 Å². The summed E-state index contributed by atoms with van der Waals surface area (Å²) in [6.07, 6.45) is 0.231. The van der Waals surface area contributed by atoms with Gasteiger partial charge in [0.05, 0.1) is 24.0 Å². The minimum atomic E-state index is -0.281. The second kappa shape index (κ2) is 4.76. The first-order chi connectivity index (χ1) is 8.24. The lowest BCUT2D eigenvalue weighted by atomic mass is 9.93. The van der Waals surface area contributed by atoms with Gasteiger partial charge in [-0.1, -0.05) is 12.1 Å². The summed E-state index contributed by atoms with van der Waals surface area (Å²) in [5, 5.41) is 21.9. The van der Waals surface area contributed by atoms with Crippen molar-refractivity contribution in [3.8, 4) is 6.07 Å². The molecule has 1 aromatic carbocycles. The molecule has 0 aliphatic carbocycles. The molecule has 1 aliphatic heterocycles. The molecule has 5 heteroatoms. The van der Waals surface area contributed by atoms with Crippen molar-refractivity contribution in [1.29, 1.82) is 5.26 Å². The van der Waals surface area contributed by atoms with Crippen molar-refractivity contribution in [2.45, 2.75) is 6.42 Å². The molecule has 86 valence electrons. The van der Waals surface area contributed by atoms with Gasteiger partial charge in [-0.2, -0.15) is 10.4 Å². The van der Waals surface area contributed by atoms with Crippen molar-refractivity contribution in [3.63, 3.8) is 0 Å². The molecule has 0 radical (unpaired) electrons. The molecule has 2 N–H and O–H groups in total. The first-order valence-electron chi connectivity index (χ1n) is 5.22. The zero-order valence-corrected chi connectivity index (χ0v) is 9.05. The molecule has 1 unspecified atom stereocenters. The van der Waals surface area contributed by atoms with Gasteiger partial charge >= 0.3 is 0 Å². The van der Waals surface area contributed by atoms with E-state index in [1.54, 1.807) is 24.3 Å². The fourth-order valence-corrected chi connectivity index (χ4v) is 1.75. The van der Waals surface area contributed by atoms with Gasteiger partial charge in [-0.25, -0.2) is 5.43 Å².